The maximum absolute atomic E-state index is 12.7. The second-order valence-electron chi connectivity index (χ2n) is 5.24. The first-order chi connectivity index (χ1) is 11.7. The summed E-state index contributed by atoms with van der Waals surface area (Å²) >= 11 is 1.30. The van der Waals surface area contributed by atoms with Crippen LogP contribution in [-0.2, 0) is 0 Å². The fourth-order valence-electron chi connectivity index (χ4n) is 2.36. The molecule has 4 heteroatoms. The van der Waals surface area contributed by atoms with Crippen LogP contribution in [0.2, 0.25) is 0 Å². The van der Waals surface area contributed by atoms with Crippen LogP contribution in [0, 0.1) is 0 Å². The Balaban J connectivity index is 1.92. The highest BCUT2D eigenvalue weighted by molar-refractivity contribution is 7.99. The SMILES string of the molecule is O=C(c1ccccc1Sc1ccccc1O)C(O)c1ccccc1. The zero-order chi connectivity index (χ0) is 16.9. The summed E-state index contributed by atoms with van der Waals surface area (Å²) in [6, 6.07) is 22.9. The summed E-state index contributed by atoms with van der Waals surface area (Å²) in [5, 5.41) is 20.3. The quantitative estimate of drug-likeness (QED) is 0.675. The molecule has 0 aliphatic heterocycles. The van der Waals surface area contributed by atoms with Crippen molar-refractivity contribution < 1.29 is 15.0 Å². The summed E-state index contributed by atoms with van der Waals surface area (Å²) in [6.07, 6.45) is -1.21. The van der Waals surface area contributed by atoms with Gasteiger partial charge >= 0.3 is 0 Å². The topological polar surface area (TPSA) is 57.5 Å². The molecule has 0 radical (unpaired) electrons. The number of phenolic OH excluding ortho intramolecular Hbond substituents is 1. The molecule has 3 aromatic rings. The van der Waals surface area contributed by atoms with E-state index in [0.29, 0.717) is 20.9 Å². The third kappa shape index (κ3) is 3.50. The van der Waals surface area contributed by atoms with Gasteiger partial charge in [-0.15, -0.1) is 0 Å². The molecule has 0 aliphatic rings. The van der Waals surface area contributed by atoms with Gasteiger partial charge in [0.15, 0.2) is 5.78 Å². The van der Waals surface area contributed by atoms with Gasteiger partial charge in [-0.3, -0.25) is 4.79 Å². The Labute approximate surface area is 144 Å². The lowest BCUT2D eigenvalue weighted by molar-refractivity contribution is 0.0744. The Morgan fingerprint density at radius 3 is 2.08 bits per heavy atom. The summed E-state index contributed by atoms with van der Waals surface area (Å²) < 4.78 is 0. The van der Waals surface area contributed by atoms with E-state index in [0.717, 1.165) is 0 Å². The molecule has 3 nitrogen and oxygen atoms in total. The monoisotopic (exact) mass is 336 g/mol. The lowest BCUT2D eigenvalue weighted by atomic mass is 10.00. The zero-order valence-electron chi connectivity index (χ0n) is 12.8. The highest BCUT2D eigenvalue weighted by Crippen LogP contribution is 2.36. The Morgan fingerprint density at radius 2 is 1.38 bits per heavy atom. The van der Waals surface area contributed by atoms with Gasteiger partial charge in [0.05, 0.1) is 4.90 Å². The summed E-state index contributed by atoms with van der Waals surface area (Å²) in [4.78, 5) is 14.1. The van der Waals surface area contributed by atoms with Gasteiger partial charge in [-0.1, -0.05) is 72.4 Å². The number of phenols is 1. The summed E-state index contributed by atoms with van der Waals surface area (Å²) in [5.41, 5.74) is 0.993. The predicted molar refractivity (Wildman–Crippen MR) is 94.4 cm³/mol. The van der Waals surface area contributed by atoms with E-state index in [2.05, 4.69) is 0 Å². The van der Waals surface area contributed by atoms with Crippen LogP contribution in [0.15, 0.2) is 88.7 Å². The smallest absolute Gasteiger partial charge is 0.196 e. The van der Waals surface area contributed by atoms with Crippen molar-refractivity contribution in [1.29, 1.82) is 0 Å². The number of para-hydroxylation sites is 1. The molecular weight excluding hydrogens is 320 g/mol. The molecule has 0 spiro atoms. The number of benzene rings is 3. The molecule has 3 aromatic carbocycles. The summed E-state index contributed by atoms with van der Waals surface area (Å²) in [7, 11) is 0. The Morgan fingerprint density at radius 1 is 0.792 bits per heavy atom. The number of carbonyl (C=O) groups is 1. The van der Waals surface area contributed by atoms with Crippen molar-refractivity contribution in [2.75, 3.05) is 0 Å². The van der Waals surface area contributed by atoms with E-state index in [4.69, 9.17) is 0 Å². The van der Waals surface area contributed by atoms with E-state index >= 15 is 0 Å². The number of ketones is 1. The second kappa shape index (κ2) is 7.34. The van der Waals surface area contributed by atoms with E-state index in [9.17, 15) is 15.0 Å². The Kier molecular flexibility index (Phi) is 4.99. The molecule has 3 rings (SSSR count). The number of aliphatic hydroxyl groups is 1. The van der Waals surface area contributed by atoms with Crippen molar-refractivity contribution in [2.45, 2.75) is 15.9 Å². The third-order valence-corrected chi connectivity index (χ3v) is 4.74. The zero-order valence-corrected chi connectivity index (χ0v) is 13.6. The highest BCUT2D eigenvalue weighted by atomic mass is 32.2. The predicted octanol–water partition coefficient (Wildman–Crippen LogP) is 4.46. The molecular formula is C20H16O3S. The maximum atomic E-state index is 12.7. The average Bonchev–Trinajstić information content (AvgIpc) is 2.63. The number of hydrogen-bond donors (Lipinski definition) is 2. The van der Waals surface area contributed by atoms with Crippen molar-refractivity contribution in [1.82, 2.24) is 0 Å². The minimum atomic E-state index is -1.21. The number of carbonyl (C=O) groups excluding carboxylic acids is 1. The molecule has 0 aromatic heterocycles. The largest absolute Gasteiger partial charge is 0.507 e. The van der Waals surface area contributed by atoms with Crippen molar-refractivity contribution >= 4 is 17.5 Å². The summed E-state index contributed by atoms with van der Waals surface area (Å²) in [6.45, 7) is 0. The van der Waals surface area contributed by atoms with Gasteiger partial charge in [0, 0.05) is 10.5 Å². The molecule has 0 heterocycles. The molecule has 24 heavy (non-hydrogen) atoms. The van der Waals surface area contributed by atoms with Crippen LogP contribution in [-0.4, -0.2) is 16.0 Å². The van der Waals surface area contributed by atoms with Gasteiger partial charge < -0.3 is 10.2 Å². The molecule has 0 saturated heterocycles. The summed E-state index contributed by atoms with van der Waals surface area (Å²) in [5.74, 6) is -0.201. The van der Waals surface area contributed by atoms with Crippen molar-refractivity contribution in [3.05, 3.63) is 90.0 Å². The molecule has 0 bridgehead atoms. The van der Waals surface area contributed by atoms with Crippen LogP contribution in [0.5, 0.6) is 5.75 Å². The second-order valence-corrected chi connectivity index (χ2v) is 6.33. The molecule has 1 unspecified atom stereocenters. The van der Waals surface area contributed by atoms with Crippen LogP contribution in [0.1, 0.15) is 22.0 Å². The molecule has 1 atom stereocenters. The number of hydrogen-bond acceptors (Lipinski definition) is 4. The highest BCUT2D eigenvalue weighted by Gasteiger charge is 2.22. The van der Waals surface area contributed by atoms with E-state index in [1.807, 2.05) is 24.3 Å². The lowest BCUT2D eigenvalue weighted by Gasteiger charge is -2.13. The lowest BCUT2D eigenvalue weighted by Crippen LogP contribution is -2.13. The number of aromatic hydroxyl groups is 1. The van der Waals surface area contributed by atoms with E-state index in [-0.39, 0.29) is 11.5 Å². The van der Waals surface area contributed by atoms with Gasteiger partial charge in [0.2, 0.25) is 0 Å². The van der Waals surface area contributed by atoms with Crippen molar-refractivity contribution in [3.8, 4) is 5.75 Å². The van der Waals surface area contributed by atoms with Gasteiger partial charge in [-0.25, -0.2) is 0 Å². The number of aliphatic hydroxyl groups excluding tert-OH is 1. The number of rotatable bonds is 5. The maximum Gasteiger partial charge on any atom is 0.196 e. The Hall–Kier alpha value is -2.56. The van der Waals surface area contributed by atoms with E-state index in [1.54, 1.807) is 54.6 Å². The normalized spacial score (nSPS) is 11.9. The van der Waals surface area contributed by atoms with Gasteiger partial charge in [0.1, 0.15) is 11.9 Å². The first-order valence-corrected chi connectivity index (χ1v) is 8.30. The fraction of sp³-hybridized carbons (Fsp3) is 0.0500. The molecule has 0 saturated carbocycles. The minimum absolute atomic E-state index is 0.161. The fourth-order valence-corrected chi connectivity index (χ4v) is 3.34. The first kappa shape index (κ1) is 16.3. The van der Waals surface area contributed by atoms with Crippen LogP contribution < -0.4 is 0 Å². The standard InChI is InChI=1S/C20H16O3S/c21-16-11-5-7-13-18(16)24-17-12-6-4-10-15(17)20(23)19(22)14-8-2-1-3-9-14/h1-13,19,21-22H. The van der Waals surface area contributed by atoms with Crippen LogP contribution >= 0.6 is 11.8 Å². The minimum Gasteiger partial charge on any atom is -0.507 e. The van der Waals surface area contributed by atoms with Crippen LogP contribution in [0.3, 0.4) is 0 Å². The van der Waals surface area contributed by atoms with Gasteiger partial charge in [0.25, 0.3) is 0 Å². The van der Waals surface area contributed by atoms with Crippen LogP contribution in [0.4, 0.5) is 0 Å². The van der Waals surface area contributed by atoms with Crippen molar-refractivity contribution in [3.63, 3.8) is 0 Å². The third-order valence-electron chi connectivity index (χ3n) is 3.60. The van der Waals surface area contributed by atoms with Gasteiger partial charge in [-0.2, -0.15) is 0 Å². The molecule has 2 N–H and O–H groups in total. The van der Waals surface area contributed by atoms with Gasteiger partial charge in [-0.05, 0) is 23.8 Å². The Bertz CT molecular complexity index is 846. The first-order valence-electron chi connectivity index (χ1n) is 7.49. The van der Waals surface area contributed by atoms with E-state index in [1.165, 1.54) is 11.8 Å². The molecule has 0 amide bonds. The van der Waals surface area contributed by atoms with Crippen LogP contribution in [0.25, 0.3) is 0 Å². The van der Waals surface area contributed by atoms with E-state index < -0.39 is 6.10 Å². The molecule has 0 aliphatic carbocycles. The number of Topliss-reactive ketones (excluding diaryl/α,β-unsaturated/α-hetero) is 1. The van der Waals surface area contributed by atoms with Crippen molar-refractivity contribution in [2.24, 2.45) is 0 Å². The molecule has 0 fully saturated rings. The molecule has 120 valence electrons. The average molecular weight is 336 g/mol.